The smallest absolute Gasteiger partial charge is 0.0649 e. The fourth-order valence-corrected chi connectivity index (χ4v) is 7.92. The van der Waals surface area contributed by atoms with Crippen LogP contribution >= 0.6 is 0 Å². The molecule has 0 spiro atoms. The number of nitrogens with zero attached hydrogens (tertiary/aromatic N) is 3. The lowest BCUT2D eigenvalue weighted by atomic mass is 9.92. The van der Waals surface area contributed by atoms with E-state index in [1.165, 1.54) is 82.9 Å². The van der Waals surface area contributed by atoms with Crippen LogP contribution in [0.5, 0.6) is 0 Å². The molecule has 0 saturated heterocycles. The monoisotopic (exact) mass is 613 g/mol. The molecule has 0 bridgehead atoms. The summed E-state index contributed by atoms with van der Waals surface area (Å²) in [7, 11) is 0. The molecular formula is C45H31N3. The van der Waals surface area contributed by atoms with Crippen LogP contribution in [0.2, 0.25) is 0 Å². The molecule has 0 N–H and O–H groups in total. The van der Waals surface area contributed by atoms with Crippen molar-refractivity contribution in [1.29, 1.82) is 0 Å². The van der Waals surface area contributed by atoms with Crippen LogP contribution in [0.4, 0.5) is 0 Å². The molecule has 10 rings (SSSR count). The van der Waals surface area contributed by atoms with Gasteiger partial charge in [-0.3, -0.25) is 0 Å². The van der Waals surface area contributed by atoms with Gasteiger partial charge < -0.3 is 4.57 Å². The second-order valence-corrected chi connectivity index (χ2v) is 12.8. The molecular weight excluding hydrogens is 583 g/mol. The van der Waals surface area contributed by atoms with Crippen LogP contribution in [0.1, 0.15) is 11.4 Å². The van der Waals surface area contributed by atoms with Gasteiger partial charge in [-0.1, -0.05) is 127 Å². The summed E-state index contributed by atoms with van der Waals surface area (Å²) in [6.07, 6.45) is 3.92. The fraction of sp³-hybridized carbons (Fsp3) is 0.0444. The molecule has 0 unspecified atom stereocenters. The quantitative estimate of drug-likeness (QED) is 0.181. The minimum atomic E-state index is 0.913. The third-order valence-electron chi connectivity index (χ3n) is 10.1. The van der Waals surface area contributed by atoms with Crippen molar-refractivity contribution in [2.24, 2.45) is 0 Å². The zero-order chi connectivity index (χ0) is 31.6. The molecule has 7 aromatic carbocycles. The number of fused-ring (bicyclic) bond motifs is 9. The Kier molecular flexibility index (Phi) is 6.00. The maximum atomic E-state index is 4.98. The van der Waals surface area contributed by atoms with E-state index in [2.05, 4.69) is 173 Å². The Labute approximate surface area is 279 Å². The molecule has 0 aliphatic heterocycles. The third-order valence-corrected chi connectivity index (χ3v) is 10.1. The Bertz CT molecular complexity index is 2590. The van der Waals surface area contributed by atoms with E-state index in [0.29, 0.717) is 0 Å². The van der Waals surface area contributed by atoms with Crippen LogP contribution < -0.4 is 0 Å². The van der Waals surface area contributed by atoms with Crippen molar-refractivity contribution < 1.29 is 0 Å². The molecule has 2 heterocycles. The van der Waals surface area contributed by atoms with Gasteiger partial charge in [-0.05, 0) is 81.6 Å². The van der Waals surface area contributed by atoms with Gasteiger partial charge in [-0.2, -0.15) is 5.10 Å². The summed E-state index contributed by atoms with van der Waals surface area (Å²) >= 11 is 0. The van der Waals surface area contributed by atoms with Crippen LogP contribution in [0, 0.1) is 0 Å². The molecule has 1 aliphatic carbocycles. The van der Waals surface area contributed by atoms with E-state index in [0.717, 1.165) is 18.5 Å². The molecule has 48 heavy (non-hydrogen) atoms. The number of aromatic nitrogens is 3. The minimum Gasteiger partial charge on any atom is -0.312 e. The van der Waals surface area contributed by atoms with Crippen LogP contribution in [-0.4, -0.2) is 14.3 Å². The summed E-state index contributed by atoms with van der Waals surface area (Å²) in [6.45, 7) is 0. The van der Waals surface area contributed by atoms with Crippen molar-refractivity contribution in [1.82, 2.24) is 14.3 Å². The van der Waals surface area contributed by atoms with Gasteiger partial charge in [0.05, 0.1) is 23.1 Å². The van der Waals surface area contributed by atoms with Crippen molar-refractivity contribution in [3.8, 4) is 44.8 Å². The van der Waals surface area contributed by atoms with E-state index < -0.39 is 0 Å². The van der Waals surface area contributed by atoms with Crippen LogP contribution in [-0.2, 0) is 12.8 Å². The lowest BCUT2D eigenvalue weighted by molar-refractivity contribution is 0.765. The SMILES string of the molecule is c1ccc(-c2cc(-c3ccccc3)cc(-n3c4c(c5ccc6ccc7ccccc7c6c53)-c3cnn(-c5ccccc5)c3CC4)c2)cc1. The van der Waals surface area contributed by atoms with Gasteiger partial charge in [0.1, 0.15) is 0 Å². The highest BCUT2D eigenvalue weighted by Crippen LogP contribution is 2.47. The summed E-state index contributed by atoms with van der Waals surface area (Å²) in [5, 5.41) is 11.3. The molecule has 2 aromatic heterocycles. The highest BCUT2D eigenvalue weighted by atomic mass is 15.3. The van der Waals surface area contributed by atoms with Gasteiger partial charge in [0.15, 0.2) is 0 Å². The second-order valence-electron chi connectivity index (χ2n) is 12.8. The number of hydrogen-bond donors (Lipinski definition) is 0. The summed E-state index contributed by atoms with van der Waals surface area (Å²) < 4.78 is 4.72. The lowest BCUT2D eigenvalue weighted by Crippen LogP contribution is -2.11. The predicted octanol–water partition coefficient (Wildman–Crippen LogP) is 11.2. The van der Waals surface area contributed by atoms with Gasteiger partial charge >= 0.3 is 0 Å². The van der Waals surface area contributed by atoms with Crippen LogP contribution in [0.15, 0.2) is 164 Å². The van der Waals surface area contributed by atoms with E-state index >= 15 is 0 Å². The fourth-order valence-electron chi connectivity index (χ4n) is 7.92. The van der Waals surface area contributed by atoms with Crippen LogP contribution in [0.3, 0.4) is 0 Å². The Balaban J connectivity index is 1.34. The maximum absolute atomic E-state index is 4.98. The van der Waals surface area contributed by atoms with Crippen molar-refractivity contribution in [2.75, 3.05) is 0 Å². The summed E-state index contributed by atoms with van der Waals surface area (Å²) in [4.78, 5) is 0. The van der Waals surface area contributed by atoms with Crippen molar-refractivity contribution in [3.63, 3.8) is 0 Å². The zero-order valence-electron chi connectivity index (χ0n) is 26.3. The molecule has 226 valence electrons. The molecule has 0 amide bonds. The van der Waals surface area contributed by atoms with Gasteiger partial charge in [0.2, 0.25) is 0 Å². The summed E-state index contributed by atoms with van der Waals surface area (Å²) in [6, 6.07) is 57.2. The summed E-state index contributed by atoms with van der Waals surface area (Å²) in [5.74, 6) is 0. The van der Waals surface area contributed by atoms with Gasteiger partial charge in [0.25, 0.3) is 0 Å². The average Bonchev–Trinajstić information content (AvgIpc) is 3.75. The van der Waals surface area contributed by atoms with Crippen LogP contribution in [0.25, 0.3) is 77.2 Å². The van der Waals surface area contributed by atoms with E-state index in [4.69, 9.17) is 5.10 Å². The Morgan fingerprint density at radius 1 is 0.458 bits per heavy atom. The summed E-state index contributed by atoms with van der Waals surface area (Å²) in [5.41, 5.74) is 13.5. The van der Waals surface area contributed by atoms with Gasteiger partial charge in [-0.25, -0.2) is 4.68 Å². The molecule has 0 radical (unpaired) electrons. The standard InChI is InChI=1S/C45H31N3/c1-4-12-30(13-5-1)34-26-35(31-14-6-2-7-15-31)28-37(27-34)47-42-25-24-41-40(29-46-48(41)36-17-8-3-9-18-36)44(42)39-23-22-33-21-20-32-16-10-11-19-38(32)43(33)45(39)47/h1-23,26-29H,24-25H2. The number of benzene rings is 7. The molecule has 3 nitrogen and oxygen atoms in total. The van der Waals surface area contributed by atoms with Gasteiger partial charge in [-0.15, -0.1) is 0 Å². The third kappa shape index (κ3) is 4.11. The first-order valence-corrected chi connectivity index (χ1v) is 16.7. The van der Waals surface area contributed by atoms with Crippen molar-refractivity contribution in [2.45, 2.75) is 12.8 Å². The Morgan fingerprint density at radius 2 is 1.06 bits per heavy atom. The highest BCUT2D eigenvalue weighted by molar-refractivity contribution is 6.22. The zero-order valence-corrected chi connectivity index (χ0v) is 26.3. The topological polar surface area (TPSA) is 22.8 Å². The first-order chi connectivity index (χ1) is 23.8. The van der Waals surface area contributed by atoms with Crippen molar-refractivity contribution in [3.05, 3.63) is 175 Å². The average molecular weight is 614 g/mol. The minimum absolute atomic E-state index is 0.913. The Hall–Kier alpha value is -6.19. The highest BCUT2D eigenvalue weighted by Gasteiger charge is 2.30. The Morgan fingerprint density at radius 3 is 1.79 bits per heavy atom. The predicted molar refractivity (Wildman–Crippen MR) is 199 cm³/mol. The largest absolute Gasteiger partial charge is 0.312 e. The van der Waals surface area contributed by atoms with Crippen molar-refractivity contribution >= 4 is 32.4 Å². The molecule has 3 heteroatoms. The number of rotatable bonds is 4. The van der Waals surface area contributed by atoms with E-state index in [9.17, 15) is 0 Å². The molecule has 9 aromatic rings. The maximum Gasteiger partial charge on any atom is 0.0649 e. The number of para-hydroxylation sites is 1. The van der Waals surface area contributed by atoms with E-state index in [1.54, 1.807) is 0 Å². The first-order valence-electron chi connectivity index (χ1n) is 16.7. The van der Waals surface area contributed by atoms with E-state index in [-0.39, 0.29) is 0 Å². The van der Waals surface area contributed by atoms with Gasteiger partial charge in [0, 0.05) is 33.3 Å². The lowest BCUT2D eigenvalue weighted by Gasteiger charge is -2.20. The molecule has 0 atom stereocenters. The molecule has 0 fully saturated rings. The number of hydrogen-bond acceptors (Lipinski definition) is 1. The normalized spacial score (nSPS) is 12.4. The molecule has 0 saturated carbocycles. The van der Waals surface area contributed by atoms with E-state index in [1.807, 2.05) is 0 Å². The second kappa shape index (κ2) is 10.7. The molecule has 1 aliphatic rings. The first kappa shape index (κ1) is 27.0.